The second kappa shape index (κ2) is 8.38. The van der Waals surface area contributed by atoms with Crippen molar-refractivity contribution in [1.82, 2.24) is 5.32 Å². The van der Waals surface area contributed by atoms with Gasteiger partial charge in [0.15, 0.2) is 5.54 Å². The fraction of sp³-hybridized carbons (Fsp3) is 0.300. The first-order valence-electron chi connectivity index (χ1n) is 8.27. The Morgan fingerprint density at radius 3 is 2.31 bits per heavy atom. The third-order valence-electron chi connectivity index (χ3n) is 4.35. The van der Waals surface area contributed by atoms with Gasteiger partial charge in [0.05, 0.1) is 20.6 Å². The van der Waals surface area contributed by atoms with Crippen LogP contribution in [0.2, 0.25) is 0 Å². The number of rotatable bonds is 8. The molecule has 138 valence electrons. The lowest BCUT2D eigenvalue weighted by atomic mass is 9.87. The molecule has 2 rings (SSSR count). The van der Waals surface area contributed by atoms with Gasteiger partial charge in [-0.2, -0.15) is 0 Å². The Morgan fingerprint density at radius 2 is 1.77 bits per heavy atom. The summed E-state index contributed by atoms with van der Waals surface area (Å²) in [6.45, 7) is 1.73. The summed E-state index contributed by atoms with van der Waals surface area (Å²) in [6.07, 6.45) is 0.190. The molecule has 0 radical (unpaired) electrons. The van der Waals surface area contributed by atoms with Crippen LogP contribution in [0.25, 0.3) is 0 Å². The molecule has 2 aromatic rings. The summed E-state index contributed by atoms with van der Waals surface area (Å²) >= 11 is 0. The topological polar surface area (TPSA) is 84.9 Å². The van der Waals surface area contributed by atoms with Gasteiger partial charge in [-0.1, -0.05) is 37.3 Å². The van der Waals surface area contributed by atoms with E-state index in [0.717, 1.165) is 0 Å². The highest BCUT2D eigenvalue weighted by atomic mass is 16.5. The highest BCUT2D eigenvalue weighted by molar-refractivity contribution is 5.89. The molecule has 1 amide bonds. The van der Waals surface area contributed by atoms with Gasteiger partial charge in [0.1, 0.15) is 11.5 Å². The first-order valence-corrected chi connectivity index (χ1v) is 8.27. The number of carboxylic acid groups (broad SMARTS) is 1. The van der Waals surface area contributed by atoms with Crippen molar-refractivity contribution in [3.8, 4) is 11.5 Å². The van der Waals surface area contributed by atoms with Gasteiger partial charge in [0, 0.05) is 5.56 Å². The number of hydrogen-bond acceptors (Lipinski definition) is 4. The summed E-state index contributed by atoms with van der Waals surface area (Å²) in [5.41, 5.74) is -0.335. The van der Waals surface area contributed by atoms with Crippen LogP contribution in [0.1, 0.15) is 24.5 Å². The van der Waals surface area contributed by atoms with Gasteiger partial charge in [0.25, 0.3) is 0 Å². The van der Waals surface area contributed by atoms with Crippen LogP contribution >= 0.6 is 0 Å². The molecule has 1 atom stereocenters. The van der Waals surface area contributed by atoms with Crippen LogP contribution < -0.4 is 14.8 Å². The average Bonchev–Trinajstić information content (AvgIpc) is 2.66. The molecule has 0 aliphatic heterocycles. The number of ether oxygens (including phenoxy) is 2. The summed E-state index contributed by atoms with van der Waals surface area (Å²) in [4.78, 5) is 24.7. The van der Waals surface area contributed by atoms with Crippen molar-refractivity contribution in [3.05, 3.63) is 59.7 Å². The second-order valence-electron chi connectivity index (χ2n) is 5.83. The van der Waals surface area contributed by atoms with E-state index in [2.05, 4.69) is 5.32 Å². The molecular weight excluding hydrogens is 334 g/mol. The molecule has 0 spiro atoms. The van der Waals surface area contributed by atoms with Crippen molar-refractivity contribution in [3.63, 3.8) is 0 Å². The Balaban J connectivity index is 2.30. The lowest BCUT2D eigenvalue weighted by Crippen LogP contribution is -2.52. The minimum absolute atomic E-state index is 0.0256. The number of aliphatic carboxylic acids is 1. The van der Waals surface area contributed by atoms with Crippen LogP contribution in [0, 0.1) is 0 Å². The maximum Gasteiger partial charge on any atom is 0.334 e. The van der Waals surface area contributed by atoms with Gasteiger partial charge < -0.3 is 19.9 Å². The predicted octanol–water partition coefficient (Wildman–Crippen LogP) is 2.75. The fourth-order valence-corrected chi connectivity index (χ4v) is 2.89. The minimum atomic E-state index is -1.48. The van der Waals surface area contributed by atoms with Crippen molar-refractivity contribution >= 4 is 11.9 Å². The molecule has 0 fully saturated rings. The number of carbonyl (C=O) groups is 2. The Bertz CT molecular complexity index is 775. The van der Waals surface area contributed by atoms with E-state index < -0.39 is 17.4 Å². The molecule has 0 heterocycles. The third-order valence-corrected chi connectivity index (χ3v) is 4.35. The number of methoxy groups -OCH3 is 2. The smallest absolute Gasteiger partial charge is 0.334 e. The maximum absolute atomic E-state index is 12.7. The van der Waals surface area contributed by atoms with Crippen LogP contribution in [0.5, 0.6) is 11.5 Å². The Morgan fingerprint density at radius 1 is 1.08 bits per heavy atom. The summed E-state index contributed by atoms with van der Waals surface area (Å²) in [7, 11) is 3.05. The molecule has 2 aromatic carbocycles. The number of carboxylic acids is 1. The molecule has 0 aliphatic rings. The zero-order valence-electron chi connectivity index (χ0n) is 15.1. The van der Waals surface area contributed by atoms with Gasteiger partial charge in [0.2, 0.25) is 5.91 Å². The largest absolute Gasteiger partial charge is 0.497 e. The number of hydrogen-bond donors (Lipinski definition) is 2. The van der Waals surface area contributed by atoms with Gasteiger partial charge in [-0.25, -0.2) is 4.79 Å². The summed E-state index contributed by atoms with van der Waals surface area (Å²) in [6, 6.07) is 13.8. The SMILES string of the molecule is CCC(NC(=O)Cc1cc(OC)ccc1OC)(C(=O)O)c1ccccc1. The molecule has 26 heavy (non-hydrogen) atoms. The van der Waals surface area contributed by atoms with E-state index in [0.29, 0.717) is 22.6 Å². The first-order chi connectivity index (χ1) is 12.5. The predicted molar refractivity (Wildman–Crippen MR) is 97.4 cm³/mol. The lowest BCUT2D eigenvalue weighted by molar-refractivity contribution is -0.148. The first kappa shape index (κ1) is 19.3. The number of benzene rings is 2. The van der Waals surface area contributed by atoms with E-state index >= 15 is 0 Å². The van der Waals surface area contributed by atoms with E-state index in [1.807, 2.05) is 0 Å². The zero-order chi connectivity index (χ0) is 19.2. The Labute approximate surface area is 152 Å². The molecule has 0 saturated carbocycles. The van der Waals surface area contributed by atoms with E-state index in [-0.39, 0.29) is 12.8 Å². The normalized spacial score (nSPS) is 12.7. The van der Waals surface area contributed by atoms with E-state index in [9.17, 15) is 14.7 Å². The van der Waals surface area contributed by atoms with Crippen molar-refractivity contribution in [2.75, 3.05) is 14.2 Å². The molecule has 6 nitrogen and oxygen atoms in total. The second-order valence-corrected chi connectivity index (χ2v) is 5.83. The Hall–Kier alpha value is -3.02. The quantitative estimate of drug-likeness (QED) is 0.759. The highest BCUT2D eigenvalue weighted by Crippen LogP contribution is 2.27. The number of carbonyl (C=O) groups excluding carboxylic acids is 1. The Kier molecular flexibility index (Phi) is 6.22. The van der Waals surface area contributed by atoms with Crippen molar-refractivity contribution < 1.29 is 24.2 Å². The van der Waals surface area contributed by atoms with E-state index in [4.69, 9.17) is 9.47 Å². The van der Waals surface area contributed by atoms with Gasteiger partial charge in [-0.15, -0.1) is 0 Å². The fourth-order valence-electron chi connectivity index (χ4n) is 2.89. The van der Waals surface area contributed by atoms with Crippen molar-refractivity contribution in [2.24, 2.45) is 0 Å². The lowest BCUT2D eigenvalue weighted by Gasteiger charge is -2.30. The standard InChI is InChI=1S/C20H23NO5/c1-4-20(19(23)24,15-8-6-5-7-9-15)21-18(22)13-14-12-16(25-2)10-11-17(14)26-3/h5-12H,4,13H2,1-3H3,(H,21,22)(H,23,24). The molecule has 0 aromatic heterocycles. The van der Waals surface area contributed by atoms with Gasteiger partial charge >= 0.3 is 5.97 Å². The molecule has 0 aliphatic carbocycles. The van der Waals surface area contributed by atoms with E-state index in [1.165, 1.54) is 14.2 Å². The number of nitrogens with one attached hydrogen (secondary N) is 1. The van der Waals surface area contributed by atoms with Crippen LogP contribution in [0.3, 0.4) is 0 Å². The van der Waals surface area contributed by atoms with Crippen LogP contribution in [0.15, 0.2) is 48.5 Å². The number of amides is 1. The summed E-state index contributed by atoms with van der Waals surface area (Å²) in [5, 5.41) is 12.5. The highest BCUT2D eigenvalue weighted by Gasteiger charge is 2.40. The van der Waals surface area contributed by atoms with Crippen LogP contribution in [-0.4, -0.2) is 31.2 Å². The molecule has 0 bridgehead atoms. The molecule has 6 heteroatoms. The van der Waals surface area contributed by atoms with Crippen molar-refractivity contribution in [2.45, 2.75) is 25.3 Å². The van der Waals surface area contributed by atoms with Gasteiger partial charge in [-0.05, 0) is 30.2 Å². The summed E-state index contributed by atoms with van der Waals surface area (Å²) < 4.78 is 10.5. The average molecular weight is 357 g/mol. The molecule has 2 N–H and O–H groups in total. The summed E-state index contributed by atoms with van der Waals surface area (Å²) in [5.74, 6) is -0.378. The molecular formula is C20H23NO5. The third kappa shape index (κ3) is 3.96. The molecule has 0 saturated heterocycles. The van der Waals surface area contributed by atoms with Gasteiger partial charge in [-0.3, -0.25) is 4.79 Å². The maximum atomic E-state index is 12.7. The molecule has 1 unspecified atom stereocenters. The van der Waals surface area contributed by atoms with Crippen LogP contribution in [-0.2, 0) is 21.5 Å². The van der Waals surface area contributed by atoms with Crippen molar-refractivity contribution in [1.29, 1.82) is 0 Å². The minimum Gasteiger partial charge on any atom is -0.497 e. The van der Waals surface area contributed by atoms with E-state index in [1.54, 1.807) is 55.5 Å². The zero-order valence-corrected chi connectivity index (χ0v) is 15.1. The van der Waals surface area contributed by atoms with Crippen LogP contribution in [0.4, 0.5) is 0 Å². The monoisotopic (exact) mass is 357 g/mol.